The summed E-state index contributed by atoms with van der Waals surface area (Å²) in [6.45, 7) is 6.14. The van der Waals surface area contributed by atoms with Crippen molar-refractivity contribution in [1.82, 2.24) is 0 Å². The van der Waals surface area contributed by atoms with Crippen molar-refractivity contribution in [2.45, 2.75) is 0 Å². The van der Waals surface area contributed by atoms with Crippen molar-refractivity contribution in [3.63, 3.8) is 0 Å². The largest absolute Gasteiger partial charge is 0.377 e. The summed E-state index contributed by atoms with van der Waals surface area (Å²) in [5.41, 5.74) is 0. The predicted octanol–water partition coefficient (Wildman–Crippen LogP) is 0.198. The Kier molecular flexibility index (Phi) is 10.4. The zero-order valence-corrected chi connectivity index (χ0v) is 10.9. The Balaban J connectivity index is 3.06. The second-order valence-electron chi connectivity index (χ2n) is 3.11. The molecule has 102 valence electrons. The summed E-state index contributed by atoms with van der Waals surface area (Å²) >= 11 is 0. The normalized spacial score (nSPS) is 11.6. The van der Waals surface area contributed by atoms with Crippen LogP contribution >= 0.6 is 0 Å². The lowest BCUT2D eigenvalue weighted by atomic mass is 10.6. The lowest BCUT2D eigenvalue weighted by molar-refractivity contribution is 0.0140. The molecule has 0 spiro atoms. The molecule has 0 radical (unpaired) electrons. The first-order valence-corrected chi connectivity index (χ1v) is 7.06. The van der Waals surface area contributed by atoms with E-state index >= 15 is 0 Å². The average Bonchev–Trinajstić information content (AvgIpc) is 2.24. The van der Waals surface area contributed by atoms with Crippen LogP contribution in [0, 0.1) is 0 Å². The summed E-state index contributed by atoms with van der Waals surface area (Å²) in [4.78, 5) is 0. The van der Waals surface area contributed by atoms with Crippen molar-refractivity contribution in [2.24, 2.45) is 0 Å². The van der Waals surface area contributed by atoms with E-state index in [4.69, 9.17) is 14.2 Å². The highest BCUT2D eigenvalue weighted by atomic mass is 32.2. The van der Waals surface area contributed by atoms with Crippen LogP contribution in [0.15, 0.2) is 12.7 Å². The Hall–Kier alpha value is -0.470. The third kappa shape index (κ3) is 15.5. The summed E-state index contributed by atoms with van der Waals surface area (Å²) in [6, 6.07) is 0. The Morgan fingerprint density at radius 1 is 0.941 bits per heavy atom. The molecule has 0 rings (SSSR count). The smallest absolute Gasteiger partial charge is 0.264 e. The first kappa shape index (κ1) is 16.5. The lowest BCUT2D eigenvalue weighted by Gasteiger charge is -2.05. The van der Waals surface area contributed by atoms with E-state index in [0.717, 1.165) is 6.26 Å². The van der Waals surface area contributed by atoms with Gasteiger partial charge in [0, 0.05) is 0 Å². The summed E-state index contributed by atoms with van der Waals surface area (Å²) in [7, 11) is -3.37. The van der Waals surface area contributed by atoms with Gasteiger partial charge in [-0.1, -0.05) is 6.08 Å². The number of rotatable bonds is 12. The van der Waals surface area contributed by atoms with Crippen LogP contribution in [0.5, 0.6) is 0 Å². The van der Waals surface area contributed by atoms with Crippen LogP contribution in [0.25, 0.3) is 0 Å². The Bertz CT molecular complexity index is 275. The number of ether oxygens (including phenoxy) is 3. The van der Waals surface area contributed by atoms with Crippen LogP contribution < -0.4 is 0 Å². The molecule has 0 fully saturated rings. The lowest BCUT2D eigenvalue weighted by Crippen LogP contribution is -2.13. The van der Waals surface area contributed by atoms with E-state index < -0.39 is 10.1 Å². The molecule has 0 aromatic rings. The maximum absolute atomic E-state index is 10.6. The molecule has 0 amide bonds. The fourth-order valence-corrected chi connectivity index (χ4v) is 1.22. The molecule has 0 unspecified atom stereocenters. The molecule has 0 saturated carbocycles. The van der Waals surface area contributed by atoms with Gasteiger partial charge in [-0.25, -0.2) is 0 Å². The topological polar surface area (TPSA) is 71.1 Å². The first-order valence-electron chi connectivity index (χ1n) is 5.25. The summed E-state index contributed by atoms with van der Waals surface area (Å²) in [5.74, 6) is 0. The van der Waals surface area contributed by atoms with E-state index in [1.54, 1.807) is 6.08 Å². The molecule has 0 aliphatic heterocycles. The van der Waals surface area contributed by atoms with E-state index in [2.05, 4.69) is 10.8 Å². The predicted molar refractivity (Wildman–Crippen MR) is 63.4 cm³/mol. The van der Waals surface area contributed by atoms with Crippen molar-refractivity contribution in [2.75, 3.05) is 52.5 Å². The van der Waals surface area contributed by atoms with E-state index in [0.29, 0.717) is 33.0 Å². The van der Waals surface area contributed by atoms with Crippen molar-refractivity contribution in [1.29, 1.82) is 0 Å². The molecule has 0 bridgehead atoms. The molecule has 0 heterocycles. The van der Waals surface area contributed by atoms with Crippen molar-refractivity contribution in [3.8, 4) is 0 Å². The average molecular weight is 268 g/mol. The van der Waals surface area contributed by atoms with Crippen molar-refractivity contribution in [3.05, 3.63) is 12.7 Å². The Labute approximate surface area is 103 Å². The molecule has 6 nitrogen and oxygen atoms in total. The van der Waals surface area contributed by atoms with Gasteiger partial charge < -0.3 is 14.2 Å². The minimum atomic E-state index is -3.37. The fourth-order valence-electron chi connectivity index (χ4n) is 0.851. The highest BCUT2D eigenvalue weighted by Crippen LogP contribution is 1.87. The van der Waals surface area contributed by atoms with Gasteiger partial charge in [0.2, 0.25) is 0 Å². The first-order chi connectivity index (χ1) is 8.06. The summed E-state index contributed by atoms with van der Waals surface area (Å²) in [6.07, 6.45) is 2.67. The van der Waals surface area contributed by atoms with Crippen LogP contribution in [-0.4, -0.2) is 60.9 Å². The summed E-state index contributed by atoms with van der Waals surface area (Å²) < 4.78 is 41.0. The standard InChI is InChI=1S/C10H20O6S/c1-3-4-13-5-6-14-7-8-15-9-10-16-17(2,11)12/h3H,1,4-10H2,2H3. The van der Waals surface area contributed by atoms with Crippen LogP contribution in [0.4, 0.5) is 0 Å². The third-order valence-electron chi connectivity index (χ3n) is 1.50. The van der Waals surface area contributed by atoms with Gasteiger partial charge in [0.25, 0.3) is 10.1 Å². The second-order valence-corrected chi connectivity index (χ2v) is 4.76. The molecule has 0 aliphatic carbocycles. The van der Waals surface area contributed by atoms with Gasteiger partial charge in [0.1, 0.15) is 0 Å². The number of hydrogen-bond donors (Lipinski definition) is 0. The monoisotopic (exact) mass is 268 g/mol. The molecule has 0 aromatic carbocycles. The summed E-state index contributed by atoms with van der Waals surface area (Å²) in [5, 5.41) is 0. The molecule has 17 heavy (non-hydrogen) atoms. The molecule has 0 aliphatic rings. The van der Waals surface area contributed by atoms with Crippen molar-refractivity contribution >= 4 is 10.1 Å². The second kappa shape index (κ2) is 10.7. The third-order valence-corrected chi connectivity index (χ3v) is 2.10. The Morgan fingerprint density at radius 2 is 1.41 bits per heavy atom. The molecule has 0 aromatic heterocycles. The van der Waals surface area contributed by atoms with E-state index in [1.165, 1.54) is 0 Å². The van der Waals surface area contributed by atoms with E-state index in [9.17, 15) is 8.42 Å². The minimum absolute atomic E-state index is 0.0290. The van der Waals surface area contributed by atoms with Crippen molar-refractivity contribution < 1.29 is 26.8 Å². The quantitative estimate of drug-likeness (QED) is 0.286. The van der Waals surface area contributed by atoms with Gasteiger partial charge in [0.15, 0.2) is 0 Å². The van der Waals surface area contributed by atoms with Gasteiger partial charge >= 0.3 is 0 Å². The molecule has 7 heteroatoms. The van der Waals surface area contributed by atoms with Crippen LogP contribution in [0.3, 0.4) is 0 Å². The van der Waals surface area contributed by atoms with Gasteiger partial charge in [-0.2, -0.15) is 8.42 Å². The highest BCUT2D eigenvalue weighted by molar-refractivity contribution is 7.85. The van der Waals surface area contributed by atoms with Crippen LogP contribution in [-0.2, 0) is 28.5 Å². The molecule has 0 saturated heterocycles. The van der Waals surface area contributed by atoms with E-state index in [-0.39, 0.29) is 13.2 Å². The zero-order valence-electron chi connectivity index (χ0n) is 10.1. The van der Waals surface area contributed by atoms with Gasteiger partial charge in [0.05, 0.1) is 52.5 Å². The maximum Gasteiger partial charge on any atom is 0.264 e. The van der Waals surface area contributed by atoms with Crippen LogP contribution in [0.2, 0.25) is 0 Å². The molecular formula is C10H20O6S. The number of hydrogen-bond acceptors (Lipinski definition) is 6. The van der Waals surface area contributed by atoms with Crippen LogP contribution in [0.1, 0.15) is 0 Å². The van der Waals surface area contributed by atoms with Gasteiger partial charge in [-0.05, 0) is 0 Å². The Morgan fingerprint density at radius 3 is 1.88 bits per heavy atom. The SMILES string of the molecule is C=CCOCCOCCOCCOS(C)(=O)=O. The van der Waals surface area contributed by atoms with Gasteiger partial charge in [-0.3, -0.25) is 4.18 Å². The molecular weight excluding hydrogens is 248 g/mol. The fraction of sp³-hybridized carbons (Fsp3) is 0.800. The zero-order chi connectivity index (χ0) is 13.0. The van der Waals surface area contributed by atoms with E-state index in [1.807, 2.05) is 0 Å². The minimum Gasteiger partial charge on any atom is -0.377 e. The van der Waals surface area contributed by atoms with Gasteiger partial charge in [-0.15, -0.1) is 6.58 Å². The maximum atomic E-state index is 10.6. The molecule has 0 atom stereocenters. The highest BCUT2D eigenvalue weighted by Gasteiger charge is 2.00. The molecule has 0 N–H and O–H groups in total.